The smallest absolute Gasteiger partial charge is 0.254 e. The minimum Gasteiger partial charge on any atom is -0.316 e. The number of hydrogen-bond donors (Lipinski definition) is 2. The van der Waals surface area contributed by atoms with E-state index in [-0.39, 0.29) is 17.7 Å². The van der Waals surface area contributed by atoms with Crippen molar-refractivity contribution in [1.82, 2.24) is 10.6 Å². The summed E-state index contributed by atoms with van der Waals surface area (Å²) < 4.78 is 0. The van der Waals surface area contributed by atoms with Crippen molar-refractivity contribution >= 4 is 11.8 Å². The van der Waals surface area contributed by atoms with E-state index in [1.165, 1.54) is 6.08 Å². The van der Waals surface area contributed by atoms with Gasteiger partial charge < -0.3 is 5.32 Å². The average molecular weight is 166 g/mol. The first kappa shape index (κ1) is 7.49. The van der Waals surface area contributed by atoms with Gasteiger partial charge in [0.15, 0.2) is 0 Å². The Morgan fingerprint density at radius 1 is 1.42 bits per heavy atom. The van der Waals surface area contributed by atoms with Gasteiger partial charge in [-0.15, -0.1) is 0 Å². The third-order valence-corrected chi connectivity index (χ3v) is 2.29. The Balaban J connectivity index is 2.16. The van der Waals surface area contributed by atoms with Crippen LogP contribution in [0.3, 0.4) is 0 Å². The van der Waals surface area contributed by atoms with Gasteiger partial charge in [0.25, 0.3) is 11.8 Å². The van der Waals surface area contributed by atoms with E-state index in [2.05, 4.69) is 10.6 Å². The number of rotatable bonds is 1. The molecule has 0 radical (unpaired) electrons. The van der Waals surface area contributed by atoms with Gasteiger partial charge in [0, 0.05) is 24.1 Å². The maximum atomic E-state index is 11.1. The van der Waals surface area contributed by atoms with Crippen LogP contribution in [0.1, 0.15) is 6.42 Å². The van der Waals surface area contributed by atoms with Gasteiger partial charge >= 0.3 is 0 Å². The zero-order valence-corrected chi connectivity index (χ0v) is 6.59. The highest BCUT2D eigenvalue weighted by Crippen LogP contribution is 2.20. The molecule has 0 aromatic carbocycles. The zero-order valence-electron chi connectivity index (χ0n) is 6.59. The molecule has 1 atom stereocenters. The molecule has 64 valence electrons. The first-order valence-corrected chi connectivity index (χ1v) is 4.05. The molecule has 2 rings (SSSR count). The Bertz CT molecular complexity index is 264. The minimum absolute atomic E-state index is 0.214. The summed E-state index contributed by atoms with van der Waals surface area (Å²) in [4.78, 5) is 21.9. The van der Waals surface area contributed by atoms with Gasteiger partial charge in [0.05, 0.1) is 0 Å². The lowest BCUT2D eigenvalue weighted by Crippen LogP contribution is -2.24. The average Bonchev–Trinajstić information content (AvgIpc) is 2.58. The zero-order chi connectivity index (χ0) is 8.55. The highest BCUT2D eigenvalue weighted by Gasteiger charge is 2.29. The Morgan fingerprint density at radius 3 is 2.75 bits per heavy atom. The normalized spacial score (nSPS) is 29.0. The summed E-state index contributed by atoms with van der Waals surface area (Å²) in [6.07, 6.45) is 2.37. The second-order valence-electron chi connectivity index (χ2n) is 3.11. The highest BCUT2D eigenvalue weighted by atomic mass is 16.2. The van der Waals surface area contributed by atoms with E-state index < -0.39 is 0 Å². The van der Waals surface area contributed by atoms with Crippen LogP contribution in [-0.2, 0) is 9.59 Å². The molecule has 1 unspecified atom stereocenters. The summed E-state index contributed by atoms with van der Waals surface area (Å²) in [6, 6.07) is 0. The van der Waals surface area contributed by atoms with Crippen LogP contribution in [0.5, 0.6) is 0 Å². The lowest BCUT2D eigenvalue weighted by molar-refractivity contribution is -0.124. The number of carbonyl (C=O) groups excluding carboxylic acids is 2. The van der Waals surface area contributed by atoms with E-state index in [0.29, 0.717) is 5.57 Å². The molecule has 2 aliphatic rings. The number of nitrogens with one attached hydrogen (secondary N) is 2. The molecule has 2 N–H and O–H groups in total. The van der Waals surface area contributed by atoms with Crippen molar-refractivity contribution in [3.8, 4) is 0 Å². The lowest BCUT2D eigenvalue weighted by atomic mass is 9.99. The molecule has 4 heteroatoms. The van der Waals surface area contributed by atoms with Gasteiger partial charge in [0.2, 0.25) is 0 Å². The van der Waals surface area contributed by atoms with Crippen molar-refractivity contribution in [2.75, 3.05) is 13.1 Å². The summed E-state index contributed by atoms with van der Waals surface area (Å²) in [5, 5.41) is 5.40. The van der Waals surface area contributed by atoms with Crippen molar-refractivity contribution in [2.45, 2.75) is 6.42 Å². The first-order valence-electron chi connectivity index (χ1n) is 4.05. The van der Waals surface area contributed by atoms with Gasteiger partial charge in [0.1, 0.15) is 0 Å². The van der Waals surface area contributed by atoms with Crippen LogP contribution in [0.4, 0.5) is 0 Å². The van der Waals surface area contributed by atoms with Crippen molar-refractivity contribution < 1.29 is 9.59 Å². The van der Waals surface area contributed by atoms with E-state index in [1.807, 2.05) is 0 Å². The van der Waals surface area contributed by atoms with Crippen LogP contribution in [0.25, 0.3) is 0 Å². The minimum atomic E-state index is -0.276. The van der Waals surface area contributed by atoms with Gasteiger partial charge in [-0.05, 0) is 13.0 Å². The molecule has 1 saturated heterocycles. The Labute approximate surface area is 70.0 Å². The summed E-state index contributed by atoms with van der Waals surface area (Å²) in [5.41, 5.74) is 0.644. The van der Waals surface area contributed by atoms with Crippen molar-refractivity contribution in [3.05, 3.63) is 11.6 Å². The summed E-state index contributed by atoms with van der Waals surface area (Å²) in [5.74, 6) is -0.257. The fraction of sp³-hybridized carbons (Fsp3) is 0.500. The predicted octanol–water partition coefficient (Wildman–Crippen LogP) is -0.821. The van der Waals surface area contributed by atoms with Crippen LogP contribution in [0.2, 0.25) is 0 Å². The third kappa shape index (κ3) is 1.14. The monoisotopic (exact) mass is 166 g/mol. The molecular formula is C8H10N2O2. The lowest BCUT2D eigenvalue weighted by Gasteiger charge is -2.05. The quantitative estimate of drug-likeness (QED) is 0.500. The van der Waals surface area contributed by atoms with E-state index in [4.69, 9.17) is 0 Å². The van der Waals surface area contributed by atoms with E-state index in [1.54, 1.807) is 0 Å². The van der Waals surface area contributed by atoms with Crippen molar-refractivity contribution in [2.24, 2.45) is 5.92 Å². The number of carbonyl (C=O) groups is 2. The summed E-state index contributed by atoms with van der Waals surface area (Å²) in [7, 11) is 0. The molecule has 1 fully saturated rings. The number of imide groups is 1. The molecule has 0 bridgehead atoms. The van der Waals surface area contributed by atoms with E-state index in [9.17, 15) is 9.59 Å². The Hall–Kier alpha value is -1.16. The van der Waals surface area contributed by atoms with Crippen LogP contribution in [0, 0.1) is 5.92 Å². The molecule has 12 heavy (non-hydrogen) atoms. The predicted molar refractivity (Wildman–Crippen MR) is 42.2 cm³/mol. The third-order valence-electron chi connectivity index (χ3n) is 2.29. The SMILES string of the molecule is O=C1C=C(C2CCNC2)C(=O)N1. The van der Waals surface area contributed by atoms with Crippen LogP contribution in [0.15, 0.2) is 11.6 Å². The van der Waals surface area contributed by atoms with Crippen molar-refractivity contribution in [3.63, 3.8) is 0 Å². The second kappa shape index (κ2) is 2.71. The number of hydrogen-bond acceptors (Lipinski definition) is 3. The van der Waals surface area contributed by atoms with Crippen LogP contribution in [-0.4, -0.2) is 24.9 Å². The first-order chi connectivity index (χ1) is 5.77. The van der Waals surface area contributed by atoms with Crippen molar-refractivity contribution in [1.29, 1.82) is 0 Å². The molecule has 0 aliphatic carbocycles. The maximum Gasteiger partial charge on any atom is 0.254 e. The molecule has 0 saturated carbocycles. The largest absolute Gasteiger partial charge is 0.316 e. The maximum absolute atomic E-state index is 11.1. The molecule has 2 amide bonds. The standard InChI is InChI=1S/C8H10N2O2/c11-7-3-6(8(12)10-7)5-1-2-9-4-5/h3,5,9H,1-2,4H2,(H,10,11,12). The van der Waals surface area contributed by atoms with Gasteiger partial charge in [-0.2, -0.15) is 0 Å². The molecule has 0 spiro atoms. The van der Waals surface area contributed by atoms with E-state index in [0.717, 1.165) is 19.5 Å². The molecule has 0 aromatic rings. The Kier molecular flexibility index (Phi) is 1.69. The van der Waals surface area contributed by atoms with Gasteiger partial charge in [-0.1, -0.05) is 0 Å². The van der Waals surface area contributed by atoms with Crippen LogP contribution >= 0.6 is 0 Å². The van der Waals surface area contributed by atoms with Gasteiger partial charge in [-0.3, -0.25) is 14.9 Å². The van der Waals surface area contributed by atoms with Crippen LogP contribution < -0.4 is 10.6 Å². The molecule has 2 heterocycles. The highest BCUT2D eigenvalue weighted by molar-refractivity contribution is 6.16. The Morgan fingerprint density at radius 2 is 2.25 bits per heavy atom. The molecular weight excluding hydrogens is 156 g/mol. The molecule has 0 aromatic heterocycles. The second-order valence-corrected chi connectivity index (χ2v) is 3.11. The topological polar surface area (TPSA) is 58.2 Å². The molecule has 2 aliphatic heterocycles. The molecule has 4 nitrogen and oxygen atoms in total. The fourth-order valence-corrected chi connectivity index (χ4v) is 1.65. The fourth-order valence-electron chi connectivity index (χ4n) is 1.65. The van der Waals surface area contributed by atoms with E-state index >= 15 is 0 Å². The number of amides is 2. The summed E-state index contributed by atoms with van der Waals surface area (Å²) in [6.45, 7) is 1.75. The van der Waals surface area contributed by atoms with Gasteiger partial charge in [-0.25, -0.2) is 0 Å². The summed E-state index contributed by atoms with van der Waals surface area (Å²) >= 11 is 0.